The summed E-state index contributed by atoms with van der Waals surface area (Å²) in [5.41, 5.74) is 0.981. The topological polar surface area (TPSA) is 83.8 Å². The zero-order valence-corrected chi connectivity index (χ0v) is 12.2. The van der Waals surface area contributed by atoms with Gasteiger partial charge in [-0.3, -0.25) is 0 Å². The van der Waals surface area contributed by atoms with Crippen LogP contribution in [0.4, 0.5) is 0 Å². The molecule has 0 aliphatic rings. The van der Waals surface area contributed by atoms with Gasteiger partial charge in [-0.1, -0.05) is 30.3 Å². The lowest BCUT2D eigenvalue weighted by Crippen LogP contribution is -2.33. The maximum atomic E-state index is 11.5. The summed E-state index contributed by atoms with van der Waals surface area (Å²) in [7, 11) is -4.87. The maximum Gasteiger partial charge on any atom is 0.488 e. The first kappa shape index (κ1) is 15.6. The highest BCUT2D eigenvalue weighted by molar-refractivity contribution is 7.90. The molecule has 0 aliphatic carbocycles. The van der Waals surface area contributed by atoms with E-state index in [0.717, 1.165) is 6.26 Å². The first-order valence-electron chi connectivity index (χ1n) is 6.25. The van der Waals surface area contributed by atoms with Crippen molar-refractivity contribution in [1.29, 1.82) is 0 Å². The van der Waals surface area contributed by atoms with Crippen LogP contribution >= 0.6 is 0 Å². The fourth-order valence-electron chi connectivity index (χ4n) is 1.87. The Labute approximate surface area is 123 Å². The number of benzene rings is 2. The van der Waals surface area contributed by atoms with E-state index < -0.39 is 17.0 Å². The van der Waals surface area contributed by atoms with Gasteiger partial charge in [-0.25, -0.2) is 8.42 Å². The molecule has 2 aromatic rings. The highest BCUT2D eigenvalue weighted by Gasteiger charge is 2.15. The Morgan fingerprint density at radius 2 is 1.81 bits per heavy atom. The van der Waals surface area contributed by atoms with Crippen LogP contribution in [0.1, 0.15) is 5.56 Å². The summed E-state index contributed by atoms with van der Waals surface area (Å²) < 4.78 is 28.5. The quantitative estimate of drug-likeness (QED) is 0.779. The van der Waals surface area contributed by atoms with Gasteiger partial charge in [0.1, 0.15) is 12.4 Å². The molecule has 5 nitrogen and oxygen atoms in total. The molecule has 0 atom stereocenters. The molecule has 0 saturated carbocycles. The molecule has 0 aliphatic heterocycles. The van der Waals surface area contributed by atoms with Gasteiger partial charge in [0.05, 0.1) is 4.90 Å². The maximum absolute atomic E-state index is 11.5. The Morgan fingerprint density at radius 3 is 2.48 bits per heavy atom. The van der Waals surface area contributed by atoms with Crippen molar-refractivity contribution in [1.82, 2.24) is 0 Å². The summed E-state index contributed by atoms with van der Waals surface area (Å²) in [4.78, 5) is 0.176. The Morgan fingerprint density at radius 1 is 1.10 bits per heavy atom. The highest BCUT2D eigenvalue weighted by Crippen LogP contribution is 2.18. The van der Waals surface area contributed by atoms with Crippen LogP contribution < -0.4 is 10.2 Å². The number of ether oxygens (including phenoxy) is 1. The molecule has 110 valence electrons. The Kier molecular flexibility index (Phi) is 4.67. The summed E-state index contributed by atoms with van der Waals surface area (Å²) in [6.45, 7) is 0.112. The van der Waals surface area contributed by atoms with E-state index in [1.165, 1.54) is 12.1 Å². The minimum absolute atomic E-state index is 0.112. The molecule has 0 saturated heterocycles. The van der Waals surface area contributed by atoms with Gasteiger partial charge in [-0.05, 0) is 29.2 Å². The lowest BCUT2D eigenvalue weighted by molar-refractivity contribution is 0.305. The minimum atomic E-state index is -3.29. The molecule has 21 heavy (non-hydrogen) atoms. The fraction of sp³-hybridized carbons (Fsp3) is 0.143. The largest absolute Gasteiger partial charge is 0.489 e. The number of rotatable bonds is 5. The normalized spacial score (nSPS) is 11.2. The van der Waals surface area contributed by atoms with Crippen molar-refractivity contribution in [3.8, 4) is 5.75 Å². The second-order valence-corrected chi connectivity index (χ2v) is 6.62. The SMILES string of the molecule is CS(=O)(=O)c1cccc(OCc2ccccc2B(O)O)c1. The Balaban J connectivity index is 2.18. The smallest absolute Gasteiger partial charge is 0.488 e. The zero-order chi connectivity index (χ0) is 15.5. The standard InChI is InChI=1S/C14H15BO5S/c1-21(18,19)13-7-4-6-12(9-13)20-10-11-5-2-3-8-14(11)15(16)17/h2-9,16-17H,10H2,1H3. The molecule has 0 aromatic heterocycles. The van der Waals surface area contributed by atoms with Crippen molar-refractivity contribution in [2.75, 3.05) is 6.26 Å². The number of hydrogen-bond acceptors (Lipinski definition) is 5. The van der Waals surface area contributed by atoms with E-state index in [1.54, 1.807) is 36.4 Å². The van der Waals surface area contributed by atoms with E-state index in [2.05, 4.69) is 0 Å². The first-order chi connectivity index (χ1) is 9.88. The van der Waals surface area contributed by atoms with Crippen LogP contribution in [0.25, 0.3) is 0 Å². The van der Waals surface area contributed by atoms with Crippen LogP contribution in [-0.4, -0.2) is 31.8 Å². The minimum Gasteiger partial charge on any atom is -0.489 e. The van der Waals surface area contributed by atoms with Crippen LogP contribution in [0.5, 0.6) is 5.75 Å². The molecule has 0 heterocycles. The van der Waals surface area contributed by atoms with Crippen molar-refractivity contribution < 1.29 is 23.2 Å². The first-order valence-corrected chi connectivity index (χ1v) is 8.14. The van der Waals surface area contributed by atoms with Crippen LogP contribution in [0.15, 0.2) is 53.4 Å². The molecule has 2 N–H and O–H groups in total. The summed E-state index contributed by atoms with van der Waals surface area (Å²) in [6, 6.07) is 12.9. The van der Waals surface area contributed by atoms with Crippen molar-refractivity contribution in [3.05, 3.63) is 54.1 Å². The molecule has 0 spiro atoms. The summed E-state index contributed by atoms with van der Waals surface area (Å²) in [6.07, 6.45) is 1.13. The van der Waals surface area contributed by atoms with Gasteiger partial charge in [0.25, 0.3) is 0 Å². The average Bonchev–Trinajstić information content (AvgIpc) is 2.45. The van der Waals surface area contributed by atoms with Crippen LogP contribution in [-0.2, 0) is 16.4 Å². The summed E-state index contributed by atoms with van der Waals surface area (Å²) >= 11 is 0. The predicted octanol–water partition coefficient (Wildman–Crippen LogP) is 0.349. The highest BCUT2D eigenvalue weighted by atomic mass is 32.2. The second kappa shape index (κ2) is 6.30. The van der Waals surface area contributed by atoms with E-state index in [0.29, 0.717) is 16.8 Å². The third-order valence-electron chi connectivity index (χ3n) is 2.96. The molecular formula is C14H15BO5S. The monoisotopic (exact) mass is 306 g/mol. The number of hydrogen-bond donors (Lipinski definition) is 2. The van der Waals surface area contributed by atoms with Gasteiger partial charge in [0.2, 0.25) is 0 Å². The fourth-order valence-corrected chi connectivity index (χ4v) is 2.53. The predicted molar refractivity (Wildman–Crippen MR) is 80.2 cm³/mol. The van der Waals surface area contributed by atoms with Gasteiger partial charge in [-0.15, -0.1) is 0 Å². The van der Waals surface area contributed by atoms with Crippen molar-refractivity contribution in [3.63, 3.8) is 0 Å². The molecule has 0 amide bonds. The van der Waals surface area contributed by atoms with E-state index in [9.17, 15) is 18.5 Å². The van der Waals surface area contributed by atoms with Gasteiger partial charge in [0.15, 0.2) is 9.84 Å². The molecule has 0 fully saturated rings. The third-order valence-corrected chi connectivity index (χ3v) is 4.07. The molecule has 0 radical (unpaired) electrons. The third kappa shape index (κ3) is 4.07. The molecular weight excluding hydrogens is 291 g/mol. The van der Waals surface area contributed by atoms with Crippen molar-refractivity contribution in [2.45, 2.75) is 11.5 Å². The van der Waals surface area contributed by atoms with Crippen molar-refractivity contribution >= 4 is 22.4 Å². The van der Waals surface area contributed by atoms with Gasteiger partial charge in [0, 0.05) is 6.26 Å². The summed E-state index contributed by atoms with van der Waals surface area (Å²) in [5.74, 6) is 0.403. The lowest BCUT2D eigenvalue weighted by Gasteiger charge is -2.11. The van der Waals surface area contributed by atoms with Crippen LogP contribution in [0.3, 0.4) is 0 Å². The van der Waals surface area contributed by atoms with Gasteiger partial charge in [-0.2, -0.15) is 0 Å². The molecule has 2 rings (SSSR count). The Hall–Kier alpha value is -1.83. The van der Waals surface area contributed by atoms with Crippen molar-refractivity contribution in [2.24, 2.45) is 0 Å². The molecule has 2 aromatic carbocycles. The van der Waals surface area contributed by atoms with Crippen LogP contribution in [0.2, 0.25) is 0 Å². The Bertz CT molecular complexity index is 728. The van der Waals surface area contributed by atoms with E-state index in [1.807, 2.05) is 0 Å². The van der Waals surface area contributed by atoms with E-state index >= 15 is 0 Å². The average molecular weight is 306 g/mol. The molecule has 7 heteroatoms. The van der Waals surface area contributed by atoms with Gasteiger partial charge >= 0.3 is 7.12 Å². The number of sulfone groups is 1. The zero-order valence-electron chi connectivity index (χ0n) is 11.4. The van der Waals surface area contributed by atoms with E-state index in [4.69, 9.17) is 4.74 Å². The van der Waals surface area contributed by atoms with E-state index in [-0.39, 0.29) is 11.5 Å². The second-order valence-electron chi connectivity index (χ2n) is 4.61. The molecule has 0 bridgehead atoms. The van der Waals surface area contributed by atoms with Crippen LogP contribution in [0, 0.1) is 0 Å². The lowest BCUT2D eigenvalue weighted by atomic mass is 9.77. The molecule has 0 unspecified atom stereocenters. The van der Waals surface area contributed by atoms with Gasteiger partial charge < -0.3 is 14.8 Å². The summed E-state index contributed by atoms with van der Waals surface area (Å²) in [5, 5.41) is 18.5.